The van der Waals surface area contributed by atoms with Crippen LogP contribution in [0.2, 0.25) is 0 Å². The first kappa shape index (κ1) is 25.1. The zero-order chi connectivity index (χ0) is 26.5. The van der Waals surface area contributed by atoms with Crippen molar-refractivity contribution in [1.29, 1.82) is 0 Å². The highest BCUT2D eigenvalue weighted by Gasteiger charge is 2.27. The van der Waals surface area contributed by atoms with E-state index in [-0.39, 0.29) is 17.9 Å². The van der Waals surface area contributed by atoms with Gasteiger partial charge >= 0.3 is 0 Å². The van der Waals surface area contributed by atoms with E-state index in [4.69, 9.17) is 15.5 Å². The van der Waals surface area contributed by atoms with Crippen molar-refractivity contribution in [2.24, 2.45) is 10.7 Å². The van der Waals surface area contributed by atoms with Crippen molar-refractivity contribution in [3.8, 4) is 5.75 Å². The third kappa shape index (κ3) is 5.72. The number of amidine groups is 1. The number of aromatic nitrogens is 3. The van der Waals surface area contributed by atoms with Crippen LogP contribution in [0.3, 0.4) is 0 Å². The number of nitrogens with zero attached hydrogens (tertiary/aromatic N) is 4. The Bertz CT molecular complexity index is 1460. The Labute approximate surface area is 221 Å². The van der Waals surface area contributed by atoms with Gasteiger partial charge in [0, 0.05) is 23.3 Å². The predicted octanol–water partition coefficient (Wildman–Crippen LogP) is 4.72. The molecule has 2 atom stereocenters. The summed E-state index contributed by atoms with van der Waals surface area (Å²) in [5.74, 6) is 1.44. The molecule has 4 aromatic rings. The first-order valence-electron chi connectivity index (χ1n) is 12.7. The number of hydrogen-bond donors (Lipinski definition) is 3. The Balaban J connectivity index is 1.45. The van der Waals surface area contributed by atoms with Gasteiger partial charge in [0.1, 0.15) is 23.1 Å². The van der Waals surface area contributed by atoms with Gasteiger partial charge in [-0.15, -0.1) is 0 Å². The molecule has 5 rings (SSSR count). The summed E-state index contributed by atoms with van der Waals surface area (Å²) in [5.41, 5.74) is 9.39. The standard InChI is InChI=1S/C29H31N7O2/c1-18-10-15-22-21(17-18)27(36-28(34-22)29(37)32-19-11-13-20(38-2)14-12-19)35-24-8-4-3-7-23(24)33-26(30)25-9-5-6-16-31-25/h5-6,9-17,23-24H,3-4,7-8H2,1-2H3,(H2,30,33)(H,32,37)(H,34,35,36)/t23-,24+/m1/s1. The van der Waals surface area contributed by atoms with E-state index in [0.29, 0.717) is 34.3 Å². The zero-order valence-electron chi connectivity index (χ0n) is 21.5. The number of rotatable bonds is 7. The number of anilines is 2. The van der Waals surface area contributed by atoms with E-state index in [0.717, 1.165) is 36.6 Å². The van der Waals surface area contributed by atoms with Crippen molar-refractivity contribution in [2.45, 2.75) is 44.7 Å². The van der Waals surface area contributed by atoms with Crippen molar-refractivity contribution in [3.05, 3.63) is 83.9 Å². The second kappa shape index (κ2) is 11.2. The smallest absolute Gasteiger partial charge is 0.293 e. The maximum absolute atomic E-state index is 13.1. The molecule has 1 fully saturated rings. The Kier molecular flexibility index (Phi) is 7.44. The van der Waals surface area contributed by atoms with Crippen LogP contribution in [0, 0.1) is 6.92 Å². The summed E-state index contributed by atoms with van der Waals surface area (Å²) in [6, 6.07) is 18.6. The SMILES string of the molecule is COc1ccc(NC(=O)c2nc(N[C@H]3CCCC[C@H]3N=C(N)c3ccccn3)c3cc(C)ccc3n2)cc1. The summed E-state index contributed by atoms with van der Waals surface area (Å²) in [6.07, 6.45) is 5.66. The number of nitrogens with two attached hydrogens (primary N) is 1. The average Bonchev–Trinajstić information content (AvgIpc) is 2.95. The first-order valence-corrected chi connectivity index (χ1v) is 12.7. The second-order valence-electron chi connectivity index (χ2n) is 9.43. The number of aryl methyl sites for hydroxylation is 1. The molecule has 2 aromatic carbocycles. The predicted molar refractivity (Wildman–Crippen MR) is 150 cm³/mol. The number of hydrogen-bond acceptors (Lipinski definition) is 7. The van der Waals surface area contributed by atoms with Crippen LogP contribution in [0.4, 0.5) is 11.5 Å². The van der Waals surface area contributed by atoms with Crippen LogP contribution in [-0.2, 0) is 0 Å². The summed E-state index contributed by atoms with van der Waals surface area (Å²) in [4.78, 5) is 31.6. The molecule has 1 aliphatic carbocycles. The van der Waals surface area contributed by atoms with Gasteiger partial charge in [-0.1, -0.05) is 30.5 Å². The minimum atomic E-state index is -0.390. The van der Waals surface area contributed by atoms with Crippen LogP contribution in [0.1, 0.15) is 47.6 Å². The molecule has 9 heteroatoms. The molecule has 2 heterocycles. The van der Waals surface area contributed by atoms with Crippen LogP contribution in [0.25, 0.3) is 10.9 Å². The maximum Gasteiger partial charge on any atom is 0.293 e. The number of fused-ring (bicyclic) bond motifs is 1. The third-order valence-corrected chi connectivity index (χ3v) is 6.69. The highest BCUT2D eigenvalue weighted by Crippen LogP contribution is 2.28. The molecule has 4 N–H and O–H groups in total. The van der Waals surface area contributed by atoms with Gasteiger partial charge in [0.05, 0.1) is 18.7 Å². The van der Waals surface area contributed by atoms with E-state index < -0.39 is 5.91 Å². The number of nitrogens with one attached hydrogen (secondary N) is 2. The van der Waals surface area contributed by atoms with Crippen molar-refractivity contribution in [1.82, 2.24) is 15.0 Å². The van der Waals surface area contributed by atoms with E-state index in [9.17, 15) is 4.79 Å². The van der Waals surface area contributed by atoms with Gasteiger partial charge in [0.15, 0.2) is 0 Å². The molecule has 2 aromatic heterocycles. The minimum absolute atomic E-state index is 0.00197. The fraction of sp³-hybridized carbons (Fsp3) is 0.276. The number of ether oxygens (including phenoxy) is 1. The highest BCUT2D eigenvalue weighted by molar-refractivity contribution is 6.04. The van der Waals surface area contributed by atoms with Crippen LogP contribution in [0.15, 0.2) is 71.9 Å². The summed E-state index contributed by atoms with van der Waals surface area (Å²) in [7, 11) is 1.60. The highest BCUT2D eigenvalue weighted by atomic mass is 16.5. The molecule has 1 saturated carbocycles. The average molecular weight is 510 g/mol. The molecule has 0 saturated heterocycles. The molecular formula is C29H31N7O2. The molecule has 0 bridgehead atoms. The molecule has 0 radical (unpaired) electrons. The monoisotopic (exact) mass is 509 g/mol. The number of aliphatic imine (C=N–C) groups is 1. The third-order valence-electron chi connectivity index (χ3n) is 6.69. The minimum Gasteiger partial charge on any atom is -0.497 e. The second-order valence-corrected chi connectivity index (χ2v) is 9.43. The van der Waals surface area contributed by atoms with Gasteiger partial charge < -0.3 is 21.1 Å². The first-order chi connectivity index (χ1) is 18.5. The maximum atomic E-state index is 13.1. The fourth-order valence-corrected chi connectivity index (χ4v) is 4.68. The molecule has 38 heavy (non-hydrogen) atoms. The lowest BCUT2D eigenvalue weighted by atomic mass is 9.90. The number of methoxy groups -OCH3 is 1. The summed E-state index contributed by atoms with van der Waals surface area (Å²) in [6.45, 7) is 2.02. The lowest BCUT2D eigenvalue weighted by Gasteiger charge is -2.30. The number of carbonyl (C=O) groups is 1. The topological polar surface area (TPSA) is 127 Å². The van der Waals surface area contributed by atoms with Crippen LogP contribution in [-0.4, -0.2) is 45.9 Å². The van der Waals surface area contributed by atoms with Gasteiger partial charge in [-0.3, -0.25) is 14.8 Å². The van der Waals surface area contributed by atoms with Gasteiger partial charge in [-0.05, 0) is 68.3 Å². The molecule has 1 aliphatic rings. The summed E-state index contributed by atoms with van der Waals surface area (Å²) >= 11 is 0. The van der Waals surface area contributed by atoms with Crippen molar-refractivity contribution >= 4 is 34.2 Å². The molecule has 0 unspecified atom stereocenters. The van der Waals surface area contributed by atoms with E-state index >= 15 is 0 Å². The summed E-state index contributed by atoms with van der Waals surface area (Å²) in [5, 5.41) is 7.34. The molecular weight excluding hydrogens is 478 g/mol. The van der Waals surface area contributed by atoms with Crippen molar-refractivity contribution < 1.29 is 9.53 Å². The van der Waals surface area contributed by atoms with Gasteiger partial charge in [0.25, 0.3) is 5.91 Å². The normalized spacial score (nSPS) is 17.7. The lowest BCUT2D eigenvalue weighted by molar-refractivity contribution is 0.101. The van der Waals surface area contributed by atoms with Crippen molar-refractivity contribution in [3.63, 3.8) is 0 Å². The number of amides is 1. The Morgan fingerprint density at radius 1 is 1.05 bits per heavy atom. The van der Waals surface area contributed by atoms with E-state index in [1.165, 1.54) is 0 Å². The Hall–Kier alpha value is -4.53. The molecule has 0 aliphatic heterocycles. The largest absolute Gasteiger partial charge is 0.497 e. The quantitative estimate of drug-likeness (QED) is 0.243. The van der Waals surface area contributed by atoms with E-state index in [1.54, 1.807) is 37.6 Å². The molecule has 194 valence electrons. The van der Waals surface area contributed by atoms with Gasteiger partial charge in [-0.2, -0.15) is 0 Å². The van der Waals surface area contributed by atoms with E-state index in [2.05, 4.69) is 25.6 Å². The Morgan fingerprint density at radius 2 is 1.87 bits per heavy atom. The molecule has 0 spiro atoms. The summed E-state index contributed by atoms with van der Waals surface area (Å²) < 4.78 is 5.20. The molecule has 1 amide bonds. The zero-order valence-corrected chi connectivity index (χ0v) is 21.5. The molecule has 9 nitrogen and oxygen atoms in total. The van der Waals surface area contributed by atoms with Gasteiger partial charge in [-0.25, -0.2) is 9.97 Å². The number of benzene rings is 2. The number of carbonyl (C=O) groups excluding carboxylic acids is 1. The Morgan fingerprint density at radius 3 is 2.63 bits per heavy atom. The van der Waals surface area contributed by atoms with E-state index in [1.807, 2.05) is 43.3 Å². The van der Waals surface area contributed by atoms with Crippen LogP contribution in [0.5, 0.6) is 5.75 Å². The van der Waals surface area contributed by atoms with Crippen LogP contribution < -0.4 is 21.1 Å². The van der Waals surface area contributed by atoms with Gasteiger partial charge in [0.2, 0.25) is 5.82 Å². The fourth-order valence-electron chi connectivity index (χ4n) is 4.68. The van der Waals surface area contributed by atoms with Crippen LogP contribution >= 0.6 is 0 Å². The lowest BCUT2D eigenvalue weighted by Crippen LogP contribution is -2.37. The van der Waals surface area contributed by atoms with Crippen molar-refractivity contribution in [2.75, 3.05) is 17.7 Å². The number of pyridine rings is 1.